The molecule has 0 aliphatic carbocycles. The zero-order chi connectivity index (χ0) is 17.2. The van der Waals surface area contributed by atoms with Crippen LogP contribution in [0.25, 0.3) is 0 Å². The summed E-state index contributed by atoms with van der Waals surface area (Å²) in [5.41, 5.74) is -0.213. The van der Waals surface area contributed by atoms with Crippen molar-refractivity contribution in [2.24, 2.45) is 5.18 Å². The molecule has 1 atom stereocenters. The first kappa shape index (κ1) is 16.3. The lowest BCUT2D eigenvalue weighted by Gasteiger charge is -2.26. The summed E-state index contributed by atoms with van der Waals surface area (Å²) in [5, 5.41) is 24.9. The van der Waals surface area contributed by atoms with Gasteiger partial charge in [-0.2, -0.15) is 0 Å². The Hall–Kier alpha value is -3.04. The molecule has 1 N–H and O–H groups in total. The van der Waals surface area contributed by atoms with Crippen LogP contribution in [0.2, 0.25) is 0 Å². The predicted octanol–water partition coefficient (Wildman–Crippen LogP) is 3.48. The summed E-state index contributed by atoms with van der Waals surface area (Å²) in [6, 6.07) is 8.61. The molecule has 0 amide bonds. The summed E-state index contributed by atoms with van der Waals surface area (Å²) in [6.07, 6.45) is 5.55. The smallest absolute Gasteiger partial charge is 0.269 e. The highest BCUT2D eigenvalue weighted by molar-refractivity contribution is 5.56. The Kier molecular flexibility index (Phi) is 4.25. The molecule has 0 spiro atoms. The molecule has 0 aliphatic rings. The van der Waals surface area contributed by atoms with Gasteiger partial charge in [0.05, 0.1) is 4.92 Å². The fraction of sp³-hybridized carbons (Fsp3) is 0.176. The SMILES string of the molecule is C#CC(O)(c1cc(N=O)ccc1C)c1cc([N+](=O)[O-])ccc1C. The number of hydrogen-bond acceptors (Lipinski definition) is 5. The fourth-order valence-corrected chi connectivity index (χ4v) is 2.47. The number of nitrogens with zero attached hydrogens (tertiary/aromatic N) is 2. The van der Waals surface area contributed by atoms with E-state index in [9.17, 15) is 20.1 Å². The molecule has 23 heavy (non-hydrogen) atoms. The van der Waals surface area contributed by atoms with Crippen molar-refractivity contribution in [3.05, 3.63) is 73.7 Å². The van der Waals surface area contributed by atoms with Crippen LogP contribution in [0.3, 0.4) is 0 Å². The molecular formula is C17H14N2O4. The number of non-ortho nitro benzene ring substituents is 1. The third-order valence-corrected chi connectivity index (χ3v) is 3.75. The largest absolute Gasteiger partial charge is 0.369 e. The number of terminal acetylenes is 1. The summed E-state index contributed by atoms with van der Waals surface area (Å²) in [4.78, 5) is 21.2. The quantitative estimate of drug-likeness (QED) is 0.405. The fourth-order valence-electron chi connectivity index (χ4n) is 2.47. The first-order valence-corrected chi connectivity index (χ1v) is 6.73. The van der Waals surface area contributed by atoms with Gasteiger partial charge in [0.1, 0.15) is 5.69 Å². The topological polar surface area (TPSA) is 92.8 Å². The van der Waals surface area contributed by atoms with Gasteiger partial charge in [-0.05, 0) is 42.3 Å². The minimum atomic E-state index is -1.90. The molecule has 0 saturated carbocycles. The van der Waals surface area contributed by atoms with E-state index in [2.05, 4.69) is 11.1 Å². The average Bonchev–Trinajstić information content (AvgIpc) is 2.54. The van der Waals surface area contributed by atoms with E-state index in [-0.39, 0.29) is 16.9 Å². The van der Waals surface area contributed by atoms with Crippen molar-refractivity contribution >= 4 is 11.4 Å². The van der Waals surface area contributed by atoms with Crippen molar-refractivity contribution in [3.63, 3.8) is 0 Å². The van der Waals surface area contributed by atoms with Crippen molar-refractivity contribution in [1.82, 2.24) is 0 Å². The van der Waals surface area contributed by atoms with Gasteiger partial charge < -0.3 is 5.11 Å². The second-order valence-corrected chi connectivity index (χ2v) is 5.20. The van der Waals surface area contributed by atoms with Gasteiger partial charge in [-0.25, -0.2) is 0 Å². The Morgan fingerprint density at radius 2 is 1.74 bits per heavy atom. The molecule has 0 aliphatic heterocycles. The Morgan fingerprint density at radius 3 is 2.26 bits per heavy atom. The number of nitroso groups, excluding NO2 is 1. The van der Waals surface area contributed by atoms with Gasteiger partial charge in [0.2, 0.25) is 0 Å². The van der Waals surface area contributed by atoms with Gasteiger partial charge in [-0.3, -0.25) is 10.1 Å². The molecule has 2 rings (SSSR count). The minimum Gasteiger partial charge on any atom is -0.369 e. The van der Waals surface area contributed by atoms with Gasteiger partial charge in [0.25, 0.3) is 5.69 Å². The van der Waals surface area contributed by atoms with Crippen LogP contribution in [0.5, 0.6) is 0 Å². The Balaban J connectivity index is 2.76. The molecule has 0 heterocycles. The van der Waals surface area contributed by atoms with Crippen molar-refractivity contribution in [2.75, 3.05) is 0 Å². The first-order chi connectivity index (χ1) is 10.8. The molecular weight excluding hydrogens is 296 g/mol. The maximum atomic E-state index is 11.0. The zero-order valence-electron chi connectivity index (χ0n) is 12.6. The predicted molar refractivity (Wildman–Crippen MR) is 86.3 cm³/mol. The van der Waals surface area contributed by atoms with Crippen LogP contribution in [0.1, 0.15) is 22.3 Å². The van der Waals surface area contributed by atoms with Gasteiger partial charge in [-0.1, -0.05) is 18.1 Å². The highest BCUT2D eigenvalue weighted by Gasteiger charge is 2.34. The van der Waals surface area contributed by atoms with Crippen LogP contribution in [0.15, 0.2) is 41.6 Å². The third-order valence-electron chi connectivity index (χ3n) is 3.75. The van der Waals surface area contributed by atoms with Gasteiger partial charge in [0, 0.05) is 23.3 Å². The zero-order valence-corrected chi connectivity index (χ0v) is 12.6. The van der Waals surface area contributed by atoms with Crippen LogP contribution in [0, 0.1) is 41.2 Å². The van der Waals surface area contributed by atoms with Crippen molar-refractivity contribution in [2.45, 2.75) is 19.4 Å². The molecule has 2 aromatic rings. The number of aryl methyl sites for hydroxylation is 2. The van der Waals surface area contributed by atoms with E-state index in [4.69, 9.17) is 6.42 Å². The van der Waals surface area contributed by atoms with Crippen LogP contribution < -0.4 is 0 Å². The van der Waals surface area contributed by atoms with Crippen LogP contribution in [-0.2, 0) is 5.60 Å². The van der Waals surface area contributed by atoms with Crippen LogP contribution in [-0.4, -0.2) is 10.0 Å². The standard InChI is InChI=1S/C17H14N2O4/c1-4-17(20,15-9-13(18-21)7-5-11(15)2)16-10-14(19(22)23)8-6-12(16)3/h1,5-10,20H,2-3H3. The highest BCUT2D eigenvalue weighted by atomic mass is 16.6. The molecule has 0 aromatic heterocycles. The van der Waals surface area contributed by atoms with E-state index >= 15 is 0 Å². The van der Waals surface area contributed by atoms with Crippen molar-refractivity contribution in [1.29, 1.82) is 0 Å². The lowest BCUT2D eigenvalue weighted by atomic mass is 9.82. The van der Waals surface area contributed by atoms with Gasteiger partial charge >= 0.3 is 0 Å². The van der Waals surface area contributed by atoms with E-state index in [1.807, 2.05) is 0 Å². The maximum absolute atomic E-state index is 11.0. The number of benzene rings is 2. The molecule has 0 fully saturated rings. The highest BCUT2D eigenvalue weighted by Crippen LogP contribution is 2.36. The van der Waals surface area contributed by atoms with E-state index in [0.29, 0.717) is 16.7 Å². The lowest BCUT2D eigenvalue weighted by molar-refractivity contribution is -0.385. The number of aliphatic hydroxyl groups is 1. The Morgan fingerprint density at radius 1 is 1.17 bits per heavy atom. The Labute approximate surface area is 132 Å². The molecule has 6 heteroatoms. The molecule has 1 unspecified atom stereocenters. The summed E-state index contributed by atoms with van der Waals surface area (Å²) < 4.78 is 0. The van der Waals surface area contributed by atoms with Crippen molar-refractivity contribution < 1.29 is 10.0 Å². The van der Waals surface area contributed by atoms with E-state index < -0.39 is 10.5 Å². The van der Waals surface area contributed by atoms with E-state index in [0.717, 1.165) is 0 Å². The molecule has 116 valence electrons. The Bertz CT molecular complexity index is 839. The molecule has 0 radical (unpaired) electrons. The average molecular weight is 310 g/mol. The lowest BCUT2D eigenvalue weighted by Crippen LogP contribution is -2.27. The van der Waals surface area contributed by atoms with Crippen molar-refractivity contribution in [3.8, 4) is 12.3 Å². The first-order valence-electron chi connectivity index (χ1n) is 6.73. The van der Waals surface area contributed by atoms with Crippen LogP contribution in [0.4, 0.5) is 11.4 Å². The maximum Gasteiger partial charge on any atom is 0.269 e. The normalized spacial score (nSPS) is 13.0. The van der Waals surface area contributed by atoms with E-state index in [1.165, 1.54) is 30.3 Å². The number of nitro benzene ring substituents is 1. The summed E-state index contributed by atoms with van der Waals surface area (Å²) in [6.45, 7) is 3.41. The number of nitro groups is 1. The minimum absolute atomic E-state index is 0.113. The number of rotatable bonds is 4. The van der Waals surface area contributed by atoms with Gasteiger partial charge in [-0.15, -0.1) is 11.3 Å². The van der Waals surface area contributed by atoms with Gasteiger partial charge in [0.15, 0.2) is 5.60 Å². The summed E-state index contributed by atoms with van der Waals surface area (Å²) in [5.74, 6) is 2.30. The summed E-state index contributed by atoms with van der Waals surface area (Å²) >= 11 is 0. The second-order valence-electron chi connectivity index (χ2n) is 5.20. The molecule has 2 aromatic carbocycles. The van der Waals surface area contributed by atoms with E-state index in [1.54, 1.807) is 19.9 Å². The molecule has 0 saturated heterocycles. The molecule has 6 nitrogen and oxygen atoms in total. The second kappa shape index (κ2) is 5.99. The third kappa shape index (κ3) is 2.82. The number of hydrogen-bond donors (Lipinski definition) is 1. The molecule has 0 bridgehead atoms. The monoisotopic (exact) mass is 310 g/mol. The summed E-state index contributed by atoms with van der Waals surface area (Å²) in [7, 11) is 0. The van der Waals surface area contributed by atoms with Crippen LogP contribution >= 0.6 is 0 Å².